The predicted molar refractivity (Wildman–Crippen MR) is 54.6 cm³/mol. The fraction of sp³-hybridized carbons (Fsp3) is 1.00. The van der Waals surface area contributed by atoms with Gasteiger partial charge in [0, 0.05) is 19.2 Å². The van der Waals surface area contributed by atoms with Crippen LogP contribution in [-0.2, 0) is 0 Å². The smallest absolute Gasteiger partial charge is 0.0431 e. The molecule has 0 amide bonds. The molecule has 0 bridgehead atoms. The Labute approximate surface area is 80.9 Å². The summed E-state index contributed by atoms with van der Waals surface area (Å²) in [5, 5.41) is 8.58. The van der Waals surface area contributed by atoms with Gasteiger partial charge in [0.25, 0.3) is 0 Å². The lowest BCUT2D eigenvalue weighted by atomic mass is 10.2. The number of hydrogen-bond donors (Lipinski definition) is 2. The van der Waals surface area contributed by atoms with E-state index in [0.29, 0.717) is 12.6 Å². The van der Waals surface area contributed by atoms with E-state index in [9.17, 15) is 0 Å². The Bertz CT molecular complexity index is 130. The molecule has 1 rings (SSSR count). The lowest BCUT2D eigenvalue weighted by molar-refractivity contribution is 0.278. The molecule has 0 saturated carbocycles. The van der Waals surface area contributed by atoms with Gasteiger partial charge in [-0.1, -0.05) is 12.8 Å². The monoisotopic (exact) mass is 186 g/mol. The summed E-state index contributed by atoms with van der Waals surface area (Å²) in [6, 6.07) is 0.414. The molecule has 1 heterocycles. The first kappa shape index (κ1) is 11.0. The fourth-order valence-corrected chi connectivity index (χ4v) is 1.87. The zero-order chi connectivity index (χ0) is 9.52. The van der Waals surface area contributed by atoms with E-state index in [1.807, 2.05) is 0 Å². The van der Waals surface area contributed by atoms with Crippen molar-refractivity contribution in [2.75, 3.05) is 26.2 Å². The summed E-state index contributed by atoms with van der Waals surface area (Å²) in [7, 11) is 0. The van der Waals surface area contributed by atoms with Gasteiger partial charge in [-0.2, -0.15) is 0 Å². The van der Waals surface area contributed by atoms with Crippen LogP contribution in [0.4, 0.5) is 0 Å². The molecule has 1 saturated heterocycles. The third kappa shape index (κ3) is 4.60. The largest absolute Gasteiger partial charge is 0.396 e. The van der Waals surface area contributed by atoms with Crippen molar-refractivity contribution >= 4 is 0 Å². The van der Waals surface area contributed by atoms with Crippen LogP contribution in [0.25, 0.3) is 0 Å². The van der Waals surface area contributed by atoms with E-state index in [1.54, 1.807) is 0 Å². The number of nitrogens with zero attached hydrogens (tertiary/aromatic N) is 1. The van der Waals surface area contributed by atoms with Crippen molar-refractivity contribution in [1.82, 2.24) is 4.90 Å². The molecule has 0 aliphatic carbocycles. The van der Waals surface area contributed by atoms with E-state index < -0.39 is 0 Å². The Morgan fingerprint density at radius 3 is 2.62 bits per heavy atom. The molecule has 1 aliphatic heterocycles. The van der Waals surface area contributed by atoms with E-state index in [4.69, 9.17) is 10.8 Å². The molecule has 0 aromatic carbocycles. The van der Waals surface area contributed by atoms with E-state index in [0.717, 1.165) is 25.8 Å². The van der Waals surface area contributed by atoms with Gasteiger partial charge in [0.1, 0.15) is 0 Å². The van der Waals surface area contributed by atoms with Crippen LogP contribution in [0.1, 0.15) is 32.1 Å². The summed E-state index contributed by atoms with van der Waals surface area (Å²) >= 11 is 0. The van der Waals surface area contributed by atoms with Crippen molar-refractivity contribution < 1.29 is 5.11 Å². The topological polar surface area (TPSA) is 49.5 Å². The van der Waals surface area contributed by atoms with Gasteiger partial charge in [-0.3, -0.25) is 0 Å². The number of hydrogen-bond acceptors (Lipinski definition) is 3. The third-order valence-electron chi connectivity index (χ3n) is 2.69. The molecule has 1 atom stereocenters. The summed E-state index contributed by atoms with van der Waals surface area (Å²) in [5.74, 6) is 0. The van der Waals surface area contributed by atoms with E-state index in [1.165, 1.54) is 25.9 Å². The van der Waals surface area contributed by atoms with E-state index in [-0.39, 0.29) is 0 Å². The second-order valence-electron chi connectivity index (χ2n) is 3.99. The zero-order valence-corrected chi connectivity index (χ0v) is 8.41. The molecular formula is C10H22N2O. The van der Waals surface area contributed by atoms with Crippen molar-refractivity contribution in [3.8, 4) is 0 Å². The highest BCUT2D eigenvalue weighted by Crippen LogP contribution is 2.08. The van der Waals surface area contributed by atoms with Crippen LogP contribution in [0.5, 0.6) is 0 Å². The Balaban J connectivity index is 1.88. The first-order chi connectivity index (χ1) is 6.33. The highest BCUT2D eigenvalue weighted by Gasteiger charge is 2.17. The predicted octanol–water partition coefficient (Wildman–Crippen LogP) is 0.572. The lowest BCUT2D eigenvalue weighted by Gasteiger charge is -2.14. The third-order valence-corrected chi connectivity index (χ3v) is 2.69. The number of rotatable bonds is 6. The van der Waals surface area contributed by atoms with Crippen LogP contribution in [0.3, 0.4) is 0 Å². The summed E-state index contributed by atoms with van der Waals surface area (Å²) in [5.41, 5.74) is 5.80. The first-order valence-corrected chi connectivity index (χ1v) is 5.41. The minimum Gasteiger partial charge on any atom is -0.396 e. The number of likely N-dealkylation sites (tertiary alicyclic amines) is 1. The van der Waals surface area contributed by atoms with Crippen LogP contribution >= 0.6 is 0 Å². The van der Waals surface area contributed by atoms with Crippen molar-refractivity contribution in [2.45, 2.75) is 38.1 Å². The van der Waals surface area contributed by atoms with Gasteiger partial charge in [-0.15, -0.1) is 0 Å². The number of unbranched alkanes of at least 4 members (excludes halogenated alkanes) is 3. The lowest BCUT2D eigenvalue weighted by Crippen LogP contribution is -2.27. The van der Waals surface area contributed by atoms with E-state index >= 15 is 0 Å². The summed E-state index contributed by atoms with van der Waals surface area (Å²) < 4.78 is 0. The number of aliphatic hydroxyl groups is 1. The molecule has 0 aromatic rings. The first-order valence-electron chi connectivity index (χ1n) is 5.41. The van der Waals surface area contributed by atoms with Gasteiger partial charge >= 0.3 is 0 Å². The van der Waals surface area contributed by atoms with Crippen LogP contribution in [-0.4, -0.2) is 42.3 Å². The van der Waals surface area contributed by atoms with Gasteiger partial charge in [0.05, 0.1) is 0 Å². The van der Waals surface area contributed by atoms with Crippen LogP contribution in [0.2, 0.25) is 0 Å². The fourth-order valence-electron chi connectivity index (χ4n) is 1.87. The minimum absolute atomic E-state index is 0.342. The molecule has 3 heteroatoms. The quantitative estimate of drug-likeness (QED) is 0.596. The Morgan fingerprint density at radius 1 is 1.23 bits per heavy atom. The molecule has 0 aromatic heterocycles. The summed E-state index contributed by atoms with van der Waals surface area (Å²) in [6.07, 6.45) is 5.78. The number of aliphatic hydroxyl groups excluding tert-OH is 1. The van der Waals surface area contributed by atoms with E-state index in [2.05, 4.69) is 4.90 Å². The van der Waals surface area contributed by atoms with Gasteiger partial charge < -0.3 is 15.7 Å². The van der Waals surface area contributed by atoms with Gasteiger partial charge in [0.15, 0.2) is 0 Å². The molecule has 3 nitrogen and oxygen atoms in total. The normalized spacial score (nSPS) is 24.0. The van der Waals surface area contributed by atoms with Crippen molar-refractivity contribution in [3.63, 3.8) is 0 Å². The SMILES string of the molecule is NC1CCN(CCCCCCO)C1. The average molecular weight is 186 g/mol. The standard InChI is InChI=1S/C10H22N2O/c11-10-5-7-12(9-10)6-3-1-2-4-8-13/h10,13H,1-9,11H2. The maximum atomic E-state index is 8.58. The van der Waals surface area contributed by atoms with Gasteiger partial charge in [-0.25, -0.2) is 0 Å². The second kappa shape index (κ2) is 6.35. The number of nitrogens with two attached hydrogens (primary N) is 1. The van der Waals surface area contributed by atoms with Crippen molar-refractivity contribution in [1.29, 1.82) is 0 Å². The molecule has 0 spiro atoms. The molecule has 0 radical (unpaired) electrons. The van der Waals surface area contributed by atoms with Gasteiger partial charge in [0.2, 0.25) is 0 Å². The Kier molecular flexibility index (Phi) is 5.35. The highest BCUT2D eigenvalue weighted by atomic mass is 16.2. The molecule has 1 unspecified atom stereocenters. The zero-order valence-electron chi connectivity index (χ0n) is 8.41. The molecule has 1 fully saturated rings. The van der Waals surface area contributed by atoms with Crippen LogP contribution in [0, 0.1) is 0 Å². The molecule has 13 heavy (non-hydrogen) atoms. The van der Waals surface area contributed by atoms with Crippen molar-refractivity contribution in [3.05, 3.63) is 0 Å². The Hall–Kier alpha value is -0.120. The maximum Gasteiger partial charge on any atom is 0.0431 e. The molecular weight excluding hydrogens is 164 g/mol. The maximum absolute atomic E-state index is 8.58. The molecule has 3 N–H and O–H groups in total. The van der Waals surface area contributed by atoms with Crippen molar-refractivity contribution in [2.24, 2.45) is 5.73 Å². The summed E-state index contributed by atoms with van der Waals surface area (Å²) in [4.78, 5) is 2.45. The Morgan fingerprint density at radius 2 is 2.00 bits per heavy atom. The summed E-state index contributed by atoms with van der Waals surface area (Å²) in [6.45, 7) is 3.80. The minimum atomic E-state index is 0.342. The van der Waals surface area contributed by atoms with Gasteiger partial charge in [-0.05, 0) is 32.4 Å². The highest BCUT2D eigenvalue weighted by molar-refractivity contribution is 4.77. The molecule has 78 valence electrons. The van der Waals surface area contributed by atoms with Crippen LogP contribution < -0.4 is 5.73 Å². The molecule has 1 aliphatic rings. The average Bonchev–Trinajstić information content (AvgIpc) is 2.51. The van der Waals surface area contributed by atoms with Crippen LogP contribution in [0.15, 0.2) is 0 Å². The second-order valence-corrected chi connectivity index (χ2v) is 3.99.